The number of aryl methyl sites for hydroxylation is 1. The minimum atomic E-state index is -0.0283. The van der Waals surface area contributed by atoms with Crippen molar-refractivity contribution >= 4 is 45.0 Å². The van der Waals surface area contributed by atoms with Crippen LogP contribution in [-0.2, 0) is 0 Å². The van der Waals surface area contributed by atoms with Gasteiger partial charge in [0.25, 0.3) is 5.91 Å². The number of likely N-dealkylation sites (tertiary alicyclic amines) is 1. The lowest BCUT2D eigenvalue weighted by Crippen LogP contribution is -2.46. The molecule has 3 fully saturated rings. The Morgan fingerprint density at radius 2 is 1.98 bits per heavy atom. The fourth-order valence-electron chi connectivity index (χ4n) is 6.08. The molecular weight excluding hydrogens is 520 g/mol. The van der Waals surface area contributed by atoms with Crippen molar-refractivity contribution in [3.8, 4) is 10.6 Å². The smallest absolute Gasteiger partial charge is 0.251 e. The van der Waals surface area contributed by atoms with E-state index in [0.717, 1.165) is 57.9 Å². The number of pyridine rings is 1. The molecule has 9 nitrogen and oxygen atoms in total. The Hall–Kier alpha value is -3.63. The van der Waals surface area contributed by atoms with Crippen LogP contribution < -0.4 is 15.5 Å². The number of nitrogens with one attached hydrogen (secondary N) is 2. The van der Waals surface area contributed by atoms with Crippen molar-refractivity contribution in [1.82, 2.24) is 30.2 Å². The van der Waals surface area contributed by atoms with Gasteiger partial charge < -0.3 is 15.5 Å². The van der Waals surface area contributed by atoms with Crippen molar-refractivity contribution < 1.29 is 4.79 Å². The van der Waals surface area contributed by atoms with E-state index < -0.39 is 0 Å². The van der Waals surface area contributed by atoms with Crippen molar-refractivity contribution in [1.29, 1.82) is 0 Å². The first-order valence-corrected chi connectivity index (χ1v) is 15.1. The number of amides is 1. The average molecular weight is 555 g/mol. The van der Waals surface area contributed by atoms with E-state index in [0.29, 0.717) is 29.4 Å². The topological polar surface area (TPSA) is 99.2 Å². The molecule has 0 unspecified atom stereocenters. The average Bonchev–Trinajstić information content (AvgIpc) is 3.41. The fourth-order valence-corrected chi connectivity index (χ4v) is 6.99. The highest BCUT2D eigenvalue weighted by molar-refractivity contribution is 7.21. The zero-order valence-electron chi connectivity index (χ0n) is 23.1. The molecule has 3 aliphatic rings. The predicted molar refractivity (Wildman–Crippen MR) is 159 cm³/mol. The number of piperazine rings is 1. The van der Waals surface area contributed by atoms with E-state index in [1.807, 2.05) is 49.5 Å². The maximum absolute atomic E-state index is 12.8. The Balaban J connectivity index is 1.09. The largest absolute Gasteiger partial charge is 0.349 e. The molecule has 2 saturated heterocycles. The quantitative estimate of drug-likeness (QED) is 0.314. The van der Waals surface area contributed by atoms with Crippen LogP contribution in [0.2, 0.25) is 0 Å². The zero-order valence-corrected chi connectivity index (χ0v) is 23.9. The molecule has 0 radical (unpaired) electrons. The van der Waals surface area contributed by atoms with E-state index in [9.17, 15) is 4.79 Å². The highest BCUT2D eigenvalue weighted by Crippen LogP contribution is 2.35. The normalized spacial score (nSPS) is 21.2. The Morgan fingerprint density at radius 1 is 1.10 bits per heavy atom. The third-order valence-corrected chi connectivity index (χ3v) is 9.51. The maximum atomic E-state index is 12.8. The third-order valence-electron chi connectivity index (χ3n) is 8.45. The van der Waals surface area contributed by atoms with E-state index in [4.69, 9.17) is 15.0 Å². The molecule has 1 saturated carbocycles. The van der Waals surface area contributed by atoms with Gasteiger partial charge in [0, 0.05) is 66.4 Å². The van der Waals surface area contributed by atoms with Crippen molar-refractivity contribution in [2.75, 3.05) is 29.9 Å². The molecule has 1 aliphatic carbocycles. The van der Waals surface area contributed by atoms with Gasteiger partial charge in [0.1, 0.15) is 16.6 Å². The summed E-state index contributed by atoms with van der Waals surface area (Å²) in [6.45, 7) is 9.49. The summed E-state index contributed by atoms with van der Waals surface area (Å²) in [6, 6.07) is 12.9. The molecule has 10 heteroatoms. The maximum Gasteiger partial charge on any atom is 0.251 e. The van der Waals surface area contributed by atoms with Crippen LogP contribution >= 0.6 is 11.3 Å². The number of benzene rings is 1. The molecule has 3 atom stereocenters. The summed E-state index contributed by atoms with van der Waals surface area (Å²) in [6.07, 6.45) is 5.44. The lowest BCUT2D eigenvalue weighted by atomic mass is 10.1. The number of fused-ring (bicyclic) bond motifs is 3. The Kier molecular flexibility index (Phi) is 6.39. The van der Waals surface area contributed by atoms with Crippen LogP contribution in [0.25, 0.3) is 20.8 Å². The van der Waals surface area contributed by atoms with Gasteiger partial charge in [0.05, 0.1) is 10.2 Å². The molecule has 40 heavy (non-hydrogen) atoms. The number of hydrogen-bond acceptors (Lipinski definition) is 9. The summed E-state index contributed by atoms with van der Waals surface area (Å²) in [5.74, 6) is 2.80. The minimum absolute atomic E-state index is 0.0283. The zero-order chi connectivity index (χ0) is 27.4. The van der Waals surface area contributed by atoms with Gasteiger partial charge in [-0.1, -0.05) is 19.1 Å². The summed E-state index contributed by atoms with van der Waals surface area (Å²) < 4.78 is 0.992. The standard InChI is InChI=1S/C30H34N8OS/c1-4-37-15-23-12-22(37)16-38(23)30-32-17(2)10-27(36-30)35-26-13-24-25(14-31-26)40-29(34-24)21-7-5-6-20(11-21)28(39)33-18(3)19-8-9-19/h5-7,10-11,13-14,18-19,22-23H,4,8-9,12,15-16H2,1-3H3,(H,33,39)(H,31,32,35,36)/t18-,22+,23+/m1/s1. The van der Waals surface area contributed by atoms with Gasteiger partial charge in [0.15, 0.2) is 0 Å². The first-order chi connectivity index (χ1) is 19.4. The van der Waals surface area contributed by atoms with Gasteiger partial charge in [-0.2, -0.15) is 4.98 Å². The first kappa shape index (κ1) is 25.3. The predicted octanol–water partition coefficient (Wildman–Crippen LogP) is 5.01. The van der Waals surface area contributed by atoms with Crippen molar-refractivity contribution in [3.63, 3.8) is 0 Å². The van der Waals surface area contributed by atoms with E-state index in [1.54, 1.807) is 11.3 Å². The van der Waals surface area contributed by atoms with Crippen LogP contribution in [0.1, 0.15) is 49.2 Å². The Labute approximate surface area is 238 Å². The van der Waals surface area contributed by atoms with Gasteiger partial charge >= 0.3 is 0 Å². The van der Waals surface area contributed by atoms with E-state index in [1.165, 1.54) is 19.3 Å². The number of carbonyl (C=O) groups excluding carboxylic acids is 1. The van der Waals surface area contributed by atoms with Gasteiger partial charge in [-0.3, -0.25) is 9.69 Å². The summed E-state index contributed by atoms with van der Waals surface area (Å²) >= 11 is 1.58. The number of aromatic nitrogens is 4. The van der Waals surface area contributed by atoms with Crippen LogP contribution in [-0.4, -0.2) is 68.5 Å². The Morgan fingerprint density at radius 3 is 2.75 bits per heavy atom. The molecule has 1 aromatic carbocycles. The molecule has 2 N–H and O–H groups in total. The Bertz CT molecular complexity index is 1580. The van der Waals surface area contributed by atoms with Crippen molar-refractivity contribution in [2.24, 2.45) is 5.92 Å². The lowest BCUT2D eigenvalue weighted by Gasteiger charge is -2.33. The van der Waals surface area contributed by atoms with E-state index in [2.05, 4.69) is 39.3 Å². The number of thiazole rings is 1. The van der Waals surface area contributed by atoms with E-state index in [-0.39, 0.29) is 11.9 Å². The summed E-state index contributed by atoms with van der Waals surface area (Å²) in [5.41, 5.74) is 3.38. The molecule has 0 spiro atoms. The number of rotatable bonds is 8. The molecular formula is C30H34N8OS. The van der Waals surface area contributed by atoms with Crippen molar-refractivity contribution in [2.45, 2.75) is 58.2 Å². The number of hydrogen-bond donors (Lipinski definition) is 2. The molecule has 206 valence electrons. The second kappa shape index (κ2) is 10.1. The van der Waals surface area contributed by atoms with Gasteiger partial charge in [-0.05, 0) is 57.7 Å². The monoisotopic (exact) mass is 554 g/mol. The molecule has 3 aromatic heterocycles. The van der Waals surface area contributed by atoms with Crippen LogP contribution in [0.5, 0.6) is 0 Å². The van der Waals surface area contributed by atoms with Crippen LogP contribution in [0.3, 0.4) is 0 Å². The number of nitrogens with zero attached hydrogens (tertiary/aromatic N) is 6. The highest BCUT2D eigenvalue weighted by Gasteiger charge is 2.43. The summed E-state index contributed by atoms with van der Waals surface area (Å²) in [5, 5.41) is 7.39. The van der Waals surface area contributed by atoms with Gasteiger partial charge in [-0.15, -0.1) is 11.3 Å². The molecule has 5 heterocycles. The SMILES string of the molecule is CCN1C[C@@H]2C[C@H]1CN2c1nc(C)cc(Nc2cc3nc(-c4cccc(C(=O)N[C@H](C)C5CC5)c4)sc3cn2)n1. The summed E-state index contributed by atoms with van der Waals surface area (Å²) in [4.78, 5) is 36.9. The number of anilines is 3. The molecule has 1 amide bonds. The molecule has 2 aliphatic heterocycles. The highest BCUT2D eigenvalue weighted by atomic mass is 32.1. The summed E-state index contributed by atoms with van der Waals surface area (Å²) in [7, 11) is 0. The molecule has 4 aromatic rings. The molecule has 7 rings (SSSR count). The van der Waals surface area contributed by atoms with Crippen molar-refractivity contribution in [3.05, 3.63) is 53.9 Å². The molecule has 2 bridgehead atoms. The fraction of sp³-hybridized carbons (Fsp3) is 0.433. The van der Waals surface area contributed by atoms with Crippen LogP contribution in [0, 0.1) is 12.8 Å². The van der Waals surface area contributed by atoms with Gasteiger partial charge in [0.2, 0.25) is 5.95 Å². The second-order valence-corrected chi connectivity index (χ2v) is 12.4. The number of likely N-dealkylation sites (N-methyl/N-ethyl adjacent to an activating group) is 1. The lowest BCUT2D eigenvalue weighted by molar-refractivity contribution is 0.0936. The van der Waals surface area contributed by atoms with Gasteiger partial charge in [-0.25, -0.2) is 15.0 Å². The number of carbonyl (C=O) groups is 1. The second-order valence-electron chi connectivity index (χ2n) is 11.3. The van der Waals surface area contributed by atoms with E-state index >= 15 is 0 Å². The van der Waals surface area contributed by atoms with Crippen LogP contribution in [0.4, 0.5) is 17.6 Å². The third kappa shape index (κ3) is 4.90. The first-order valence-electron chi connectivity index (χ1n) is 14.2. The van der Waals surface area contributed by atoms with Crippen LogP contribution in [0.15, 0.2) is 42.6 Å². The minimum Gasteiger partial charge on any atom is -0.349 e.